The van der Waals surface area contributed by atoms with E-state index in [1.54, 1.807) is 4.90 Å². The van der Waals surface area contributed by atoms with Crippen LogP contribution in [0.25, 0.3) is 10.8 Å². The van der Waals surface area contributed by atoms with E-state index >= 15 is 0 Å². The van der Waals surface area contributed by atoms with E-state index in [0.29, 0.717) is 12.6 Å². The van der Waals surface area contributed by atoms with Crippen molar-refractivity contribution < 1.29 is 9.69 Å². The van der Waals surface area contributed by atoms with Crippen molar-refractivity contribution in [3.05, 3.63) is 83.9 Å². The highest BCUT2D eigenvalue weighted by molar-refractivity contribution is 5.98. The molecule has 0 spiro atoms. The van der Waals surface area contributed by atoms with Gasteiger partial charge in [0.05, 0.1) is 19.6 Å². The van der Waals surface area contributed by atoms with Gasteiger partial charge in [-0.25, -0.2) is 0 Å². The van der Waals surface area contributed by atoms with Crippen molar-refractivity contribution >= 4 is 16.7 Å². The van der Waals surface area contributed by atoms with Crippen LogP contribution in [0.15, 0.2) is 72.8 Å². The van der Waals surface area contributed by atoms with Gasteiger partial charge >= 0.3 is 0 Å². The van der Waals surface area contributed by atoms with Gasteiger partial charge in [-0.05, 0) is 22.9 Å². The lowest BCUT2D eigenvalue weighted by atomic mass is 10.0. The van der Waals surface area contributed by atoms with Crippen LogP contribution < -0.4 is 10.2 Å². The van der Waals surface area contributed by atoms with Crippen LogP contribution in [0.2, 0.25) is 0 Å². The van der Waals surface area contributed by atoms with Crippen molar-refractivity contribution in [1.29, 1.82) is 0 Å². The van der Waals surface area contributed by atoms with Crippen LogP contribution in [0.4, 0.5) is 0 Å². The summed E-state index contributed by atoms with van der Waals surface area (Å²) in [5, 5.41) is 5.44. The SMILES string of the molecule is O=C(NC[C@@H](c1ccccc1)[NH+]1CCCC1)c1ccc2ccccc2c1. The number of fused-ring (bicyclic) bond motifs is 1. The largest absolute Gasteiger partial charge is 0.346 e. The molecule has 3 nitrogen and oxygen atoms in total. The quantitative estimate of drug-likeness (QED) is 0.732. The summed E-state index contributed by atoms with van der Waals surface area (Å²) in [6.45, 7) is 3.04. The van der Waals surface area contributed by atoms with Crippen LogP contribution in [0, 0.1) is 0 Å². The Kier molecular flexibility index (Phi) is 4.98. The molecule has 26 heavy (non-hydrogen) atoms. The minimum absolute atomic E-state index is 0.00952. The molecule has 0 bridgehead atoms. The highest BCUT2D eigenvalue weighted by Crippen LogP contribution is 2.16. The van der Waals surface area contributed by atoms with E-state index in [0.717, 1.165) is 16.3 Å². The third-order valence-electron chi connectivity index (χ3n) is 5.42. The first-order chi connectivity index (χ1) is 12.8. The average molecular weight is 345 g/mol. The monoisotopic (exact) mass is 345 g/mol. The van der Waals surface area contributed by atoms with Gasteiger partial charge < -0.3 is 10.2 Å². The molecule has 3 heteroatoms. The molecule has 132 valence electrons. The fourth-order valence-corrected chi connectivity index (χ4v) is 3.99. The topological polar surface area (TPSA) is 33.5 Å². The van der Waals surface area contributed by atoms with E-state index in [1.165, 1.54) is 31.5 Å². The molecule has 0 radical (unpaired) electrons. The lowest BCUT2D eigenvalue weighted by Crippen LogP contribution is -3.11. The summed E-state index contributed by atoms with van der Waals surface area (Å²) >= 11 is 0. The molecule has 1 atom stereocenters. The lowest BCUT2D eigenvalue weighted by Gasteiger charge is -2.25. The van der Waals surface area contributed by atoms with Gasteiger partial charge in [0.15, 0.2) is 0 Å². The molecule has 2 N–H and O–H groups in total. The summed E-state index contributed by atoms with van der Waals surface area (Å²) < 4.78 is 0. The molecule has 0 aromatic heterocycles. The Bertz CT molecular complexity index is 885. The van der Waals surface area contributed by atoms with Crippen LogP contribution in [0.3, 0.4) is 0 Å². The number of benzene rings is 3. The lowest BCUT2D eigenvalue weighted by molar-refractivity contribution is -0.918. The maximum Gasteiger partial charge on any atom is 0.251 e. The van der Waals surface area contributed by atoms with E-state index in [1.807, 2.05) is 42.5 Å². The second kappa shape index (κ2) is 7.71. The first-order valence-corrected chi connectivity index (χ1v) is 9.48. The fraction of sp³-hybridized carbons (Fsp3) is 0.261. The number of quaternary nitrogens is 1. The van der Waals surface area contributed by atoms with E-state index in [9.17, 15) is 4.79 Å². The summed E-state index contributed by atoms with van der Waals surface area (Å²) in [6.07, 6.45) is 2.55. The Morgan fingerprint density at radius 3 is 2.35 bits per heavy atom. The number of hydrogen-bond acceptors (Lipinski definition) is 1. The van der Waals surface area contributed by atoms with Gasteiger partial charge in [-0.15, -0.1) is 0 Å². The van der Waals surface area contributed by atoms with Crippen molar-refractivity contribution in [2.45, 2.75) is 18.9 Å². The molecule has 1 amide bonds. The smallest absolute Gasteiger partial charge is 0.251 e. The normalized spacial score (nSPS) is 15.8. The van der Waals surface area contributed by atoms with E-state index in [-0.39, 0.29) is 5.91 Å². The second-order valence-electron chi connectivity index (χ2n) is 7.10. The molecule has 1 aliphatic heterocycles. The Morgan fingerprint density at radius 1 is 0.885 bits per heavy atom. The summed E-state index contributed by atoms with van der Waals surface area (Å²) in [6, 6.07) is 25.0. The zero-order chi connectivity index (χ0) is 17.8. The van der Waals surface area contributed by atoms with Crippen LogP contribution >= 0.6 is 0 Å². The van der Waals surface area contributed by atoms with Crippen LogP contribution in [-0.4, -0.2) is 25.5 Å². The van der Waals surface area contributed by atoms with Gasteiger partial charge in [-0.3, -0.25) is 4.79 Å². The Balaban J connectivity index is 1.50. The van der Waals surface area contributed by atoms with Crippen molar-refractivity contribution in [3.63, 3.8) is 0 Å². The van der Waals surface area contributed by atoms with Crippen molar-refractivity contribution in [2.75, 3.05) is 19.6 Å². The average Bonchev–Trinajstić information content (AvgIpc) is 3.23. The van der Waals surface area contributed by atoms with Gasteiger partial charge in [-0.2, -0.15) is 0 Å². The first kappa shape index (κ1) is 16.8. The standard InChI is InChI=1S/C23H24N2O/c26-23(21-13-12-18-8-4-5-11-20(18)16-21)24-17-22(25-14-6-7-15-25)19-9-2-1-3-10-19/h1-5,8-13,16,22H,6-7,14-15,17H2,(H,24,26)/p+1/t22-/m0/s1. The number of rotatable bonds is 5. The van der Waals surface area contributed by atoms with Crippen LogP contribution in [0.5, 0.6) is 0 Å². The zero-order valence-electron chi connectivity index (χ0n) is 14.9. The molecular formula is C23H25N2O+. The molecule has 1 saturated heterocycles. The molecule has 3 aromatic carbocycles. The number of carbonyl (C=O) groups is 1. The molecule has 1 heterocycles. The number of likely N-dealkylation sites (tertiary alicyclic amines) is 1. The second-order valence-corrected chi connectivity index (χ2v) is 7.10. The van der Waals surface area contributed by atoms with Gasteiger partial charge in [0.25, 0.3) is 5.91 Å². The first-order valence-electron chi connectivity index (χ1n) is 9.48. The number of amides is 1. The summed E-state index contributed by atoms with van der Waals surface area (Å²) in [5.74, 6) is 0.00952. The molecule has 3 aromatic rings. The third-order valence-corrected chi connectivity index (χ3v) is 5.42. The minimum atomic E-state index is 0.00952. The van der Waals surface area contributed by atoms with Crippen molar-refractivity contribution in [3.8, 4) is 0 Å². The van der Waals surface area contributed by atoms with Gasteiger partial charge in [-0.1, -0.05) is 60.7 Å². The highest BCUT2D eigenvalue weighted by Gasteiger charge is 2.27. The summed E-state index contributed by atoms with van der Waals surface area (Å²) in [7, 11) is 0. The van der Waals surface area contributed by atoms with Gasteiger partial charge in [0.2, 0.25) is 0 Å². The summed E-state index contributed by atoms with van der Waals surface area (Å²) in [5.41, 5.74) is 2.04. The Hall–Kier alpha value is -2.65. The van der Waals surface area contributed by atoms with Crippen molar-refractivity contribution in [1.82, 2.24) is 5.32 Å². The maximum atomic E-state index is 12.7. The van der Waals surface area contributed by atoms with Crippen LogP contribution in [-0.2, 0) is 0 Å². The molecule has 0 aliphatic carbocycles. The zero-order valence-corrected chi connectivity index (χ0v) is 14.9. The highest BCUT2D eigenvalue weighted by atomic mass is 16.1. The van der Waals surface area contributed by atoms with E-state index in [4.69, 9.17) is 0 Å². The summed E-state index contributed by atoms with van der Waals surface area (Å²) in [4.78, 5) is 14.3. The molecule has 0 unspecified atom stereocenters. The van der Waals surface area contributed by atoms with Gasteiger partial charge in [0.1, 0.15) is 6.04 Å². The predicted molar refractivity (Wildman–Crippen MR) is 105 cm³/mol. The van der Waals surface area contributed by atoms with Gasteiger partial charge in [0, 0.05) is 24.0 Å². The molecule has 1 aliphatic rings. The Labute approximate surface area is 154 Å². The maximum absolute atomic E-state index is 12.7. The van der Waals surface area contributed by atoms with Crippen molar-refractivity contribution in [2.24, 2.45) is 0 Å². The molecular weight excluding hydrogens is 320 g/mol. The fourth-order valence-electron chi connectivity index (χ4n) is 3.99. The predicted octanol–water partition coefficient (Wildman–Crippen LogP) is 2.99. The van der Waals surface area contributed by atoms with E-state index < -0.39 is 0 Å². The Morgan fingerprint density at radius 2 is 1.58 bits per heavy atom. The van der Waals surface area contributed by atoms with E-state index in [2.05, 4.69) is 35.6 Å². The van der Waals surface area contributed by atoms with Crippen LogP contribution in [0.1, 0.15) is 34.8 Å². The molecule has 0 saturated carbocycles. The molecule has 4 rings (SSSR count). The third kappa shape index (κ3) is 3.63. The number of nitrogens with one attached hydrogen (secondary N) is 2. The minimum Gasteiger partial charge on any atom is -0.346 e. The number of hydrogen-bond donors (Lipinski definition) is 2. The number of carbonyl (C=O) groups excluding carboxylic acids is 1. The molecule has 1 fully saturated rings.